The van der Waals surface area contributed by atoms with E-state index in [9.17, 15) is 4.79 Å². The van der Waals surface area contributed by atoms with E-state index in [2.05, 4.69) is 33.1 Å². The SMILES string of the molecule is COc1ccc(OC)c(/C=N\NC(=O)c2ccc(I)cc2)c1. The Bertz CT molecular complexity index is 684. The van der Waals surface area contributed by atoms with E-state index < -0.39 is 0 Å². The highest BCUT2D eigenvalue weighted by Crippen LogP contribution is 2.22. The molecule has 0 saturated heterocycles. The topological polar surface area (TPSA) is 59.9 Å². The number of benzene rings is 2. The number of ether oxygens (including phenoxy) is 2. The third-order valence-electron chi connectivity index (χ3n) is 2.91. The minimum Gasteiger partial charge on any atom is -0.497 e. The summed E-state index contributed by atoms with van der Waals surface area (Å²) < 4.78 is 11.5. The first kappa shape index (κ1) is 16.3. The van der Waals surface area contributed by atoms with E-state index in [1.807, 2.05) is 12.1 Å². The van der Waals surface area contributed by atoms with Gasteiger partial charge in [0.05, 0.1) is 20.4 Å². The van der Waals surface area contributed by atoms with Gasteiger partial charge in [-0.15, -0.1) is 0 Å². The van der Waals surface area contributed by atoms with Crippen molar-refractivity contribution in [3.05, 3.63) is 57.2 Å². The van der Waals surface area contributed by atoms with Crippen LogP contribution in [0.4, 0.5) is 0 Å². The Kier molecular flexibility index (Phi) is 5.76. The molecule has 0 aliphatic heterocycles. The maximum Gasteiger partial charge on any atom is 0.271 e. The monoisotopic (exact) mass is 410 g/mol. The first-order valence-electron chi connectivity index (χ1n) is 6.45. The standard InChI is InChI=1S/C16H15IN2O3/c1-21-14-7-8-15(22-2)12(9-14)10-18-19-16(20)11-3-5-13(17)6-4-11/h3-10H,1-2H3,(H,19,20)/b18-10-. The Hall–Kier alpha value is -2.09. The summed E-state index contributed by atoms with van der Waals surface area (Å²) >= 11 is 2.18. The van der Waals surface area contributed by atoms with Crippen LogP contribution in [0, 0.1) is 3.57 Å². The minimum absolute atomic E-state index is 0.269. The van der Waals surface area contributed by atoms with Crippen molar-refractivity contribution in [1.82, 2.24) is 5.43 Å². The Morgan fingerprint density at radius 2 is 1.86 bits per heavy atom. The highest BCUT2D eigenvalue weighted by atomic mass is 127. The maximum absolute atomic E-state index is 11.9. The van der Waals surface area contributed by atoms with Crippen molar-refractivity contribution in [2.75, 3.05) is 14.2 Å². The van der Waals surface area contributed by atoms with E-state index in [4.69, 9.17) is 9.47 Å². The summed E-state index contributed by atoms with van der Waals surface area (Å²) in [6, 6.07) is 12.6. The fourth-order valence-corrected chi connectivity index (χ4v) is 2.13. The fourth-order valence-electron chi connectivity index (χ4n) is 1.77. The van der Waals surface area contributed by atoms with Crippen molar-refractivity contribution >= 4 is 34.7 Å². The third-order valence-corrected chi connectivity index (χ3v) is 3.63. The van der Waals surface area contributed by atoms with Crippen molar-refractivity contribution in [1.29, 1.82) is 0 Å². The molecule has 0 saturated carbocycles. The van der Waals surface area contributed by atoms with Crippen LogP contribution in [0.15, 0.2) is 47.6 Å². The van der Waals surface area contributed by atoms with Gasteiger partial charge in [-0.05, 0) is 65.1 Å². The summed E-state index contributed by atoms with van der Waals surface area (Å²) in [5.41, 5.74) is 3.75. The maximum atomic E-state index is 11.9. The first-order valence-corrected chi connectivity index (χ1v) is 7.53. The summed E-state index contributed by atoms with van der Waals surface area (Å²) in [7, 11) is 3.16. The van der Waals surface area contributed by atoms with Gasteiger partial charge in [-0.3, -0.25) is 4.79 Å². The van der Waals surface area contributed by atoms with Crippen molar-refractivity contribution in [3.8, 4) is 11.5 Å². The van der Waals surface area contributed by atoms with Crippen molar-refractivity contribution < 1.29 is 14.3 Å². The molecule has 0 fully saturated rings. The van der Waals surface area contributed by atoms with Crippen molar-refractivity contribution in [2.24, 2.45) is 5.10 Å². The molecule has 0 atom stereocenters. The summed E-state index contributed by atoms with van der Waals surface area (Å²) in [6.45, 7) is 0. The quantitative estimate of drug-likeness (QED) is 0.468. The van der Waals surface area contributed by atoms with E-state index in [-0.39, 0.29) is 5.91 Å². The number of methoxy groups -OCH3 is 2. The molecule has 114 valence electrons. The van der Waals surface area contributed by atoms with E-state index in [0.717, 1.165) is 3.57 Å². The molecule has 2 rings (SSSR count). The van der Waals surface area contributed by atoms with Gasteiger partial charge in [-0.2, -0.15) is 5.10 Å². The summed E-state index contributed by atoms with van der Waals surface area (Å²) in [4.78, 5) is 11.9. The van der Waals surface area contributed by atoms with Gasteiger partial charge in [0, 0.05) is 14.7 Å². The fraction of sp³-hybridized carbons (Fsp3) is 0.125. The van der Waals surface area contributed by atoms with Gasteiger partial charge in [0.25, 0.3) is 5.91 Å². The zero-order chi connectivity index (χ0) is 15.9. The van der Waals surface area contributed by atoms with Crippen LogP contribution in [0.3, 0.4) is 0 Å². The molecular weight excluding hydrogens is 395 g/mol. The Balaban J connectivity index is 2.08. The lowest BCUT2D eigenvalue weighted by Crippen LogP contribution is -2.17. The second kappa shape index (κ2) is 7.79. The molecule has 1 N–H and O–H groups in total. The molecule has 2 aromatic carbocycles. The normalized spacial score (nSPS) is 10.5. The molecule has 0 spiro atoms. The van der Waals surface area contributed by atoms with Gasteiger partial charge < -0.3 is 9.47 Å². The summed E-state index contributed by atoms with van der Waals surface area (Å²) in [5, 5.41) is 3.96. The Morgan fingerprint density at radius 3 is 2.50 bits per heavy atom. The number of carbonyl (C=O) groups excluding carboxylic acids is 1. The van der Waals surface area contributed by atoms with Gasteiger partial charge in [-0.1, -0.05) is 0 Å². The van der Waals surface area contributed by atoms with Crippen LogP contribution in [0.1, 0.15) is 15.9 Å². The van der Waals surface area contributed by atoms with Gasteiger partial charge >= 0.3 is 0 Å². The lowest BCUT2D eigenvalue weighted by atomic mass is 10.2. The molecule has 0 aromatic heterocycles. The minimum atomic E-state index is -0.269. The average Bonchev–Trinajstić information content (AvgIpc) is 2.55. The van der Waals surface area contributed by atoms with Gasteiger partial charge in [0.2, 0.25) is 0 Å². The predicted molar refractivity (Wildman–Crippen MR) is 93.8 cm³/mol. The van der Waals surface area contributed by atoms with Crippen LogP contribution in [-0.4, -0.2) is 26.3 Å². The van der Waals surface area contributed by atoms with Crippen LogP contribution < -0.4 is 14.9 Å². The summed E-state index contributed by atoms with van der Waals surface area (Å²) in [5.74, 6) is 1.06. The molecule has 0 radical (unpaired) electrons. The largest absolute Gasteiger partial charge is 0.497 e. The highest BCUT2D eigenvalue weighted by molar-refractivity contribution is 14.1. The third kappa shape index (κ3) is 4.20. The number of carbonyl (C=O) groups is 1. The molecule has 5 nitrogen and oxygen atoms in total. The summed E-state index contributed by atoms with van der Waals surface area (Å²) in [6.07, 6.45) is 1.52. The van der Waals surface area contributed by atoms with Crippen molar-refractivity contribution in [3.63, 3.8) is 0 Å². The number of nitrogens with one attached hydrogen (secondary N) is 1. The van der Waals surface area contributed by atoms with Crippen LogP contribution in [0.25, 0.3) is 0 Å². The van der Waals surface area contributed by atoms with Crippen LogP contribution >= 0.6 is 22.6 Å². The molecule has 0 aliphatic carbocycles. The number of hydrogen-bond donors (Lipinski definition) is 1. The smallest absolute Gasteiger partial charge is 0.271 e. The van der Waals surface area contributed by atoms with Crippen LogP contribution in [0.2, 0.25) is 0 Å². The Morgan fingerprint density at radius 1 is 1.14 bits per heavy atom. The zero-order valence-electron chi connectivity index (χ0n) is 12.2. The second-order valence-electron chi connectivity index (χ2n) is 4.31. The zero-order valence-corrected chi connectivity index (χ0v) is 14.3. The van der Waals surface area contributed by atoms with Crippen molar-refractivity contribution in [2.45, 2.75) is 0 Å². The Labute approximate surface area is 142 Å². The van der Waals surface area contributed by atoms with E-state index in [1.165, 1.54) is 6.21 Å². The van der Waals surface area contributed by atoms with Crippen LogP contribution in [0.5, 0.6) is 11.5 Å². The van der Waals surface area contributed by atoms with E-state index >= 15 is 0 Å². The number of nitrogens with zero attached hydrogens (tertiary/aromatic N) is 1. The molecule has 0 heterocycles. The molecule has 0 bridgehead atoms. The first-order chi connectivity index (χ1) is 10.6. The number of rotatable bonds is 5. The average molecular weight is 410 g/mol. The molecule has 0 aliphatic rings. The van der Waals surface area contributed by atoms with Gasteiger partial charge in [0.1, 0.15) is 11.5 Å². The molecule has 22 heavy (non-hydrogen) atoms. The number of hydrazone groups is 1. The second-order valence-corrected chi connectivity index (χ2v) is 5.56. The molecule has 1 amide bonds. The lowest BCUT2D eigenvalue weighted by Gasteiger charge is -2.06. The number of hydrogen-bond acceptors (Lipinski definition) is 4. The number of halogens is 1. The lowest BCUT2D eigenvalue weighted by molar-refractivity contribution is 0.0955. The highest BCUT2D eigenvalue weighted by Gasteiger charge is 2.05. The van der Waals surface area contributed by atoms with Gasteiger partial charge in [-0.25, -0.2) is 5.43 Å². The van der Waals surface area contributed by atoms with Gasteiger partial charge in [0.15, 0.2) is 0 Å². The van der Waals surface area contributed by atoms with E-state index in [0.29, 0.717) is 22.6 Å². The molecule has 6 heteroatoms. The molecular formula is C16H15IN2O3. The van der Waals surface area contributed by atoms with Crippen LogP contribution in [-0.2, 0) is 0 Å². The molecule has 2 aromatic rings. The number of amides is 1. The predicted octanol–water partition coefficient (Wildman–Crippen LogP) is 3.07. The van der Waals surface area contributed by atoms with E-state index in [1.54, 1.807) is 44.6 Å². The molecule has 0 unspecified atom stereocenters.